The molecule has 35 nitrogen and oxygen atoms in total. The van der Waals surface area contributed by atoms with Crippen LogP contribution in [0.15, 0.2) is 45.6 Å². The average Bonchev–Trinajstić information content (AvgIpc) is 4.10. The number of hydrogen-bond donors (Lipinski definition) is 10. The predicted octanol–water partition coefficient (Wildman–Crippen LogP) is -3.73. The van der Waals surface area contributed by atoms with Gasteiger partial charge in [-0.2, -0.15) is 4.31 Å². The summed E-state index contributed by atoms with van der Waals surface area (Å²) in [5.74, 6) is -1.32. The van der Waals surface area contributed by atoms with Crippen molar-refractivity contribution in [1.29, 1.82) is 0 Å². The molecule has 8 rings (SSSR count). The molecule has 5 aromatic heterocycles. The Labute approximate surface area is 408 Å². The van der Waals surface area contributed by atoms with Gasteiger partial charge in [-0.05, 0) is 0 Å². The molecule has 0 amide bonds. The lowest BCUT2D eigenvalue weighted by Gasteiger charge is -2.30. The first-order valence-corrected chi connectivity index (χ1v) is 27.3. The fourth-order valence-corrected chi connectivity index (χ4v) is 13.9. The summed E-state index contributed by atoms with van der Waals surface area (Å²) in [6.07, 6.45) is -11.3. The molecule has 5 aromatic rings. The maximum atomic E-state index is 14.3. The van der Waals surface area contributed by atoms with Crippen LogP contribution >= 0.6 is 30.7 Å². The number of anilines is 2. The van der Waals surface area contributed by atoms with Crippen LogP contribution in [0, 0.1) is 5.92 Å². The normalized spacial score (nSPS) is 30.9. The van der Waals surface area contributed by atoms with Gasteiger partial charge in [-0.3, -0.25) is 42.3 Å². The fraction of sp³-hybridized carbons (Fsp3) is 0.576. The van der Waals surface area contributed by atoms with Gasteiger partial charge in [-0.15, -0.1) is 0 Å². The molecule has 3 aliphatic heterocycles. The number of phosphoric ester groups is 1. The Morgan fingerprint density at radius 2 is 1.52 bits per heavy atom. The smallest absolute Gasteiger partial charge is 0.443 e. The van der Waals surface area contributed by atoms with Crippen molar-refractivity contribution in [2.75, 3.05) is 52.1 Å². The topological polar surface area (TPSA) is 487 Å². The van der Waals surface area contributed by atoms with Crippen LogP contribution in [0.5, 0.6) is 0 Å². The highest BCUT2D eigenvalue weighted by atomic mass is 31.3. The van der Waals surface area contributed by atoms with E-state index in [9.17, 15) is 62.6 Å². The van der Waals surface area contributed by atoms with Crippen molar-refractivity contribution in [3.05, 3.63) is 62.4 Å². The number of nitrogen functional groups attached to an aromatic ring is 2. The van der Waals surface area contributed by atoms with E-state index in [1.54, 1.807) is 0 Å². The maximum Gasteiger partial charge on any atom is 0.485 e. The van der Waals surface area contributed by atoms with Gasteiger partial charge in [0, 0.05) is 32.4 Å². The second-order valence-electron chi connectivity index (χ2n) is 16.4. The molecule has 6 unspecified atom stereocenters. The Morgan fingerprint density at radius 1 is 0.822 bits per heavy atom. The van der Waals surface area contributed by atoms with Crippen LogP contribution in [0.3, 0.4) is 0 Å². The number of ether oxygens (including phenoxy) is 5. The SMILES string of the molecule is [B-]P(=O)(OC[C@H]1OC([n+]2cn(C)c3c(=O)[nH]c(N)nc32)[C@H](O)[C@@H]1COC)OP(=O)(O)OP(=O)(O)OCC1O[C@@H](n2cnc3c(N)ncnc32)[C@H](OC)[C@@H]1P(=O)(O)OC[C@H]1O[C@@H](n2ccc(=O)[nH]c2=O)[C@H](O)[C@@H]1O. The van der Waals surface area contributed by atoms with Gasteiger partial charge in [0.05, 0.1) is 53.4 Å². The second-order valence-corrected chi connectivity index (χ2v) is 23.2. The van der Waals surface area contributed by atoms with Crippen LogP contribution in [-0.4, -0.2) is 170 Å². The van der Waals surface area contributed by atoms with Crippen LogP contribution in [0.4, 0.5) is 11.8 Å². The molecule has 0 bridgehead atoms. The lowest BCUT2D eigenvalue weighted by molar-refractivity contribution is -0.745. The first-order chi connectivity index (χ1) is 34.2. The van der Waals surface area contributed by atoms with E-state index in [1.807, 2.05) is 4.98 Å². The number of fused-ring (bicyclic) bond motifs is 2. The van der Waals surface area contributed by atoms with Crippen LogP contribution in [-0.2, 0) is 71.2 Å². The third-order valence-electron chi connectivity index (χ3n) is 11.7. The van der Waals surface area contributed by atoms with Crippen molar-refractivity contribution < 1.29 is 98.7 Å². The largest absolute Gasteiger partial charge is 0.485 e. The first kappa shape index (κ1) is 54.8. The Bertz CT molecular complexity index is 3250. The molecule has 0 aliphatic carbocycles. The van der Waals surface area contributed by atoms with E-state index < -0.39 is 140 Å². The quantitative estimate of drug-likeness (QED) is 0.0203. The van der Waals surface area contributed by atoms with E-state index in [1.165, 1.54) is 34.2 Å². The van der Waals surface area contributed by atoms with Gasteiger partial charge < -0.3 is 86.3 Å². The van der Waals surface area contributed by atoms with Gasteiger partial charge in [-0.25, -0.2) is 37.8 Å². The highest BCUT2D eigenvalue weighted by molar-refractivity contribution is 7.84. The van der Waals surface area contributed by atoms with Gasteiger partial charge in [0.15, 0.2) is 30.2 Å². The van der Waals surface area contributed by atoms with Crippen LogP contribution < -0.4 is 32.8 Å². The number of nitrogens with one attached hydrogen (secondary N) is 2. The molecular formula is C33H46BN12O23P4. The number of aliphatic hydroxyl groups is 3. The molecule has 3 fully saturated rings. The van der Waals surface area contributed by atoms with E-state index in [4.69, 9.17) is 56.3 Å². The van der Waals surface area contributed by atoms with Crippen LogP contribution in [0.1, 0.15) is 18.7 Å². The number of nitrogens with zero attached hydrogens (tertiary/aromatic N) is 8. The zero-order valence-electron chi connectivity index (χ0n) is 37.9. The number of aromatic nitrogens is 10. The Morgan fingerprint density at radius 3 is 2.22 bits per heavy atom. The fourth-order valence-electron chi connectivity index (χ4n) is 8.50. The third kappa shape index (κ3) is 11.3. The minimum atomic E-state index is -6.06. The van der Waals surface area contributed by atoms with Gasteiger partial charge in [0.25, 0.3) is 17.1 Å². The summed E-state index contributed by atoms with van der Waals surface area (Å²) in [7, 11) is -13.1. The van der Waals surface area contributed by atoms with E-state index in [-0.39, 0.29) is 40.7 Å². The lowest BCUT2D eigenvalue weighted by atomic mass is 9.99. The molecule has 0 aromatic carbocycles. The van der Waals surface area contributed by atoms with E-state index in [0.29, 0.717) is 0 Å². The molecule has 3 aliphatic rings. The minimum Gasteiger partial charge on any atom is -0.443 e. The van der Waals surface area contributed by atoms with E-state index >= 15 is 0 Å². The summed E-state index contributed by atoms with van der Waals surface area (Å²) < 4.78 is 111. The zero-order chi connectivity index (χ0) is 53.1. The number of nitrogens with two attached hydrogens (primary N) is 2. The monoisotopic (exact) mass is 1110 g/mol. The second kappa shape index (κ2) is 20.9. The zero-order valence-corrected chi connectivity index (χ0v) is 41.4. The number of phosphoric acid groups is 2. The molecular weight excluding hydrogens is 1070 g/mol. The molecule has 16 atom stereocenters. The van der Waals surface area contributed by atoms with Crippen LogP contribution in [0.25, 0.3) is 22.3 Å². The number of aliphatic hydroxyl groups excluding tert-OH is 3. The number of H-pyrrole nitrogens is 2. The first-order valence-electron chi connectivity index (χ1n) is 21.0. The Hall–Kier alpha value is -4.48. The molecule has 40 heteroatoms. The summed E-state index contributed by atoms with van der Waals surface area (Å²) in [4.78, 5) is 89.9. The summed E-state index contributed by atoms with van der Waals surface area (Å²) in [6, 6.07) is 0.932. The standard InChI is InChI=1S/C33H45BN12O23P4/c1-43-12-46(27-19(43)28(51)42-32(36)41-27)29-20(48)13(6-60-2)14(65-29)7-63-71(34,55)68-73(58,59)69-72(56,57)64-9-16-24(23(61-3)31(67-16)45-11-39-18-25(35)37-10-38-26(18)45)70(53,54)62-8-15-21(49)22(50)30(66-15)44-5-4-17(47)40-33(44)52/h4-5,10-16,20-24,29-31,48-50H,6-9H2,1-3H3,(H8-,35,36,37,38,40,41,42,47,51,52,53,54,56,57,58,59)/q-1/p+1/t13-,14-,15-,16?,20-,21-,22-,23-,24-,29?,30-,31-,71?/m1/s1. The van der Waals surface area contributed by atoms with Crippen molar-refractivity contribution >= 4 is 72.4 Å². The van der Waals surface area contributed by atoms with Crippen molar-refractivity contribution in [3.8, 4) is 0 Å². The number of hydrogen-bond acceptors (Lipinski definition) is 26. The highest BCUT2D eigenvalue weighted by Crippen LogP contribution is 2.68. The summed E-state index contributed by atoms with van der Waals surface area (Å²) in [6.45, 7) is -3.30. The molecule has 399 valence electrons. The number of aryl methyl sites for hydroxylation is 1. The van der Waals surface area contributed by atoms with Gasteiger partial charge in [0.1, 0.15) is 54.1 Å². The predicted molar refractivity (Wildman–Crippen MR) is 240 cm³/mol. The maximum absolute atomic E-state index is 14.3. The summed E-state index contributed by atoms with van der Waals surface area (Å²) in [5.41, 5.74) is 7.42. The molecule has 0 saturated carbocycles. The molecule has 0 spiro atoms. The van der Waals surface area contributed by atoms with Crippen molar-refractivity contribution in [3.63, 3.8) is 0 Å². The summed E-state index contributed by atoms with van der Waals surface area (Å²) in [5, 5.41) is 32.8. The molecule has 12 N–H and O–H groups in total. The molecule has 3 radical (unpaired) electrons. The van der Waals surface area contributed by atoms with E-state index in [0.717, 1.165) is 36.6 Å². The summed E-state index contributed by atoms with van der Waals surface area (Å²) >= 11 is 0. The minimum absolute atomic E-state index is 0.00329. The van der Waals surface area contributed by atoms with Gasteiger partial charge in [0.2, 0.25) is 11.7 Å². The van der Waals surface area contributed by atoms with Gasteiger partial charge >= 0.3 is 34.6 Å². The molecule has 73 heavy (non-hydrogen) atoms. The number of imidazole rings is 2. The number of rotatable bonds is 20. The molecule has 3 saturated heterocycles. The van der Waals surface area contributed by atoms with E-state index in [2.05, 4.69) is 33.5 Å². The lowest BCUT2D eigenvalue weighted by Crippen LogP contribution is -2.45. The number of methoxy groups -OCH3 is 2. The van der Waals surface area contributed by atoms with Crippen molar-refractivity contribution in [1.82, 2.24) is 43.6 Å². The van der Waals surface area contributed by atoms with Crippen molar-refractivity contribution in [2.24, 2.45) is 13.0 Å². The van der Waals surface area contributed by atoms with Gasteiger partial charge in [-0.1, -0.05) is 4.98 Å². The average molecular weight is 1110 g/mol. The Kier molecular flexibility index (Phi) is 15.7. The third-order valence-corrected chi connectivity index (χ3v) is 18.0. The molecule has 8 heterocycles. The number of aromatic amines is 2. The van der Waals surface area contributed by atoms with Crippen molar-refractivity contribution in [2.45, 2.75) is 67.1 Å². The highest BCUT2D eigenvalue weighted by Gasteiger charge is 2.57. The van der Waals surface area contributed by atoms with Crippen LogP contribution in [0.2, 0.25) is 0 Å². The Balaban J connectivity index is 0.957.